The molecular weight excluding hydrogens is 214 g/mol. The summed E-state index contributed by atoms with van der Waals surface area (Å²) in [5.41, 5.74) is 3.77. The first-order valence-electron chi connectivity index (χ1n) is 4.15. The summed E-state index contributed by atoms with van der Waals surface area (Å²) in [7, 11) is 0. The van der Waals surface area contributed by atoms with E-state index >= 15 is 0 Å². The maximum Gasteiger partial charge on any atom is 0.0806 e. The molecule has 1 aromatic carbocycles. The molecule has 0 radical (unpaired) electrons. The van der Waals surface area contributed by atoms with Gasteiger partial charge in [-0.05, 0) is 34.0 Å². The molecule has 0 unspecified atom stereocenters. The SMILES string of the molecule is CCC1=Nc2c(Br)cccc2C1. The van der Waals surface area contributed by atoms with Crippen LogP contribution in [-0.2, 0) is 6.42 Å². The summed E-state index contributed by atoms with van der Waals surface area (Å²) >= 11 is 3.50. The molecule has 1 heterocycles. The summed E-state index contributed by atoms with van der Waals surface area (Å²) in [6.45, 7) is 2.15. The van der Waals surface area contributed by atoms with Crippen LogP contribution in [0.2, 0.25) is 0 Å². The normalized spacial score (nSPS) is 14.3. The van der Waals surface area contributed by atoms with Crippen molar-refractivity contribution in [1.29, 1.82) is 0 Å². The molecule has 1 aliphatic rings. The summed E-state index contributed by atoms with van der Waals surface area (Å²) in [5.74, 6) is 0. The predicted octanol–water partition coefficient (Wildman–Crippen LogP) is 3.49. The second kappa shape index (κ2) is 3.02. The lowest BCUT2D eigenvalue weighted by atomic mass is 10.1. The molecule has 0 N–H and O–H groups in total. The maximum atomic E-state index is 4.54. The highest BCUT2D eigenvalue weighted by Crippen LogP contribution is 2.34. The highest BCUT2D eigenvalue weighted by Gasteiger charge is 2.14. The van der Waals surface area contributed by atoms with Gasteiger partial charge >= 0.3 is 0 Å². The average molecular weight is 224 g/mol. The van der Waals surface area contributed by atoms with Gasteiger partial charge in [-0.2, -0.15) is 0 Å². The van der Waals surface area contributed by atoms with Crippen molar-refractivity contribution in [3.05, 3.63) is 28.2 Å². The first-order chi connectivity index (χ1) is 5.81. The molecule has 1 nitrogen and oxygen atoms in total. The van der Waals surface area contributed by atoms with E-state index in [1.165, 1.54) is 11.3 Å². The molecule has 2 rings (SSSR count). The molecule has 0 amide bonds. The minimum Gasteiger partial charge on any atom is -0.256 e. The van der Waals surface area contributed by atoms with Crippen LogP contribution >= 0.6 is 15.9 Å². The molecule has 1 aromatic rings. The van der Waals surface area contributed by atoms with Gasteiger partial charge in [0.1, 0.15) is 0 Å². The fourth-order valence-electron chi connectivity index (χ4n) is 1.45. The standard InChI is InChI=1S/C10H10BrN/c1-2-8-6-7-4-3-5-9(11)10(7)12-8/h3-5H,2,6H2,1H3. The van der Waals surface area contributed by atoms with E-state index in [2.05, 4.69) is 40.0 Å². The number of fused-ring (bicyclic) bond motifs is 1. The molecule has 62 valence electrons. The topological polar surface area (TPSA) is 12.4 Å². The van der Waals surface area contributed by atoms with Crippen LogP contribution in [0.3, 0.4) is 0 Å². The fourth-order valence-corrected chi connectivity index (χ4v) is 1.95. The zero-order valence-corrected chi connectivity index (χ0v) is 8.56. The summed E-state index contributed by atoms with van der Waals surface area (Å²) in [6.07, 6.45) is 2.09. The van der Waals surface area contributed by atoms with E-state index in [4.69, 9.17) is 0 Å². The van der Waals surface area contributed by atoms with Gasteiger partial charge in [0.25, 0.3) is 0 Å². The van der Waals surface area contributed by atoms with Crippen LogP contribution < -0.4 is 0 Å². The van der Waals surface area contributed by atoms with E-state index in [0.717, 1.165) is 23.0 Å². The van der Waals surface area contributed by atoms with Gasteiger partial charge in [0.15, 0.2) is 0 Å². The van der Waals surface area contributed by atoms with Crippen molar-refractivity contribution in [2.75, 3.05) is 0 Å². The Kier molecular flexibility index (Phi) is 2.01. The monoisotopic (exact) mass is 223 g/mol. The van der Waals surface area contributed by atoms with Crippen LogP contribution in [0.15, 0.2) is 27.7 Å². The van der Waals surface area contributed by atoms with E-state index in [1.807, 2.05) is 6.07 Å². The highest BCUT2D eigenvalue weighted by molar-refractivity contribution is 9.10. The van der Waals surface area contributed by atoms with Crippen LogP contribution in [0.25, 0.3) is 0 Å². The van der Waals surface area contributed by atoms with Crippen molar-refractivity contribution in [3.8, 4) is 0 Å². The number of benzene rings is 1. The number of aliphatic imine (C=N–C) groups is 1. The molecule has 0 atom stereocenters. The molecule has 0 saturated heterocycles. The van der Waals surface area contributed by atoms with E-state index < -0.39 is 0 Å². The van der Waals surface area contributed by atoms with Crippen molar-refractivity contribution in [2.24, 2.45) is 4.99 Å². The Labute approximate surface area is 80.6 Å². The fraction of sp³-hybridized carbons (Fsp3) is 0.300. The van der Waals surface area contributed by atoms with Crippen LogP contribution in [-0.4, -0.2) is 5.71 Å². The van der Waals surface area contributed by atoms with Gasteiger partial charge in [-0.3, -0.25) is 4.99 Å². The van der Waals surface area contributed by atoms with Gasteiger partial charge in [0.2, 0.25) is 0 Å². The maximum absolute atomic E-state index is 4.54. The summed E-state index contributed by atoms with van der Waals surface area (Å²) in [4.78, 5) is 4.54. The van der Waals surface area contributed by atoms with Gasteiger partial charge in [0.05, 0.1) is 5.69 Å². The zero-order valence-electron chi connectivity index (χ0n) is 6.97. The van der Waals surface area contributed by atoms with Crippen LogP contribution in [0.1, 0.15) is 18.9 Å². The Balaban J connectivity index is 2.48. The largest absolute Gasteiger partial charge is 0.256 e. The second-order valence-corrected chi connectivity index (χ2v) is 3.81. The van der Waals surface area contributed by atoms with Crippen molar-refractivity contribution in [3.63, 3.8) is 0 Å². The minimum atomic E-state index is 1.03. The minimum absolute atomic E-state index is 1.03. The summed E-state index contributed by atoms with van der Waals surface area (Å²) in [5, 5.41) is 0. The summed E-state index contributed by atoms with van der Waals surface area (Å²) < 4.78 is 1.11. The zero-order chi connectivity index (χ0) is 8.55. The number of nitrogens with zero attached hydrogens (tertiary/aromatic N) is 1. The number of rotatable bonds is 1. The van der Waals surface area contributed by atoms with Gasteiger partial charge in [-0.15, -0.1) is 0 Å². The Morgan fingerprint density at radius 1 is 1.50 bits per heavy atom. The Hall–Kier alpha value is -0.630. The molecule has 1 aliphatic heterocycles. The average Bonchev–Trinajstić information content (AvgIpc) is 2.49. The van der Waals surface area contributed by atoms with E-state index in [9.17, 15) is 0 Å². The first-order valence-corrected chi connectivity index (χ1v) is 4.94. The highest BCUT2D eigenvalue weighted by atomic mass is 79.9. The molecular formula is C10H10BrN. The number of hydrogen-bond acceptors (Lipinski definition) is 1. The molecule has 0 aliphatic carbocycles. The van der Waals surface area contributed by atoms with Crippen molar-refractivity contribution < 1.29 is 0 Å². The lowest BCUT2D eigenvalue weighted by Gasteiger charge is -1.96. The van der Waals surface area contributed by atoms with Crippen molar-refractivity contribution in [1.82, 2.24) is 0 Å². The van der Waals surface area contributed by atoms with Gasteiger partial charge in [0, 0.05) is 16.6 Å². The lowest BCUT2D eigenvalue weighted by molar-refractivity contribution is 1.22. The van der Waals surface area contributed by atoms with Crippen LogP contribution in [0, 0.1) is 0 Å². The van der Waals surface area contributed by atoms with Gasteiger partial charge in [-0.1, -0.05) is 19.1 Å². The number of halogens is 1. The van der Waals surface area contributed by atoms with E-state index in [0.29, 0.717) is 0 Å². The third-order valence-corrected chi connectivity index (χ3v) is 2.78. The predicted molar refractivity (Wildman–Crippen MR) is 55.2 cm³/mol. The second-order valence-electron chi connectivity index (χ2n) is 2.96. The van der Waals surface area contributed by atoms with E-state index in [-0.39, 0.29) is 0 Å². The molecule has 12 heavy (non-hydrogen) atoms. The third-order valence-electron chi connectivity index (χ3n) is 2.14. The van der Waals surface area contributed by atoms with Crippen LogP contribution in [0.5, 0.6) is 0 Å². The number of hydrogen-bond donors (Lipinski definition) is 0. The van der Waals surface area contributed by atoms with Crippen molar-refractivity contribution in [2.45, 2.75) is 19.8 Å². The molecule has 0 bridgehead atoms. The van der Waals surface area contributed by atoms with Crippen LogP contribution in [0.4, 0.5) is 5.69 Å². The Bertz CT molecular complexity index is 342. The first kappa shape index (κ1) is 7.99. The lowest BCUT2D eigenvalue weighted by Crippen LogP contribution is -1.93. The van der Waals surface area contributed by atoms with Gasteiger partial charge in [-0.25, -0.2) is 0 Å². The quantitative estimate of drug-likeness (QED) is 0.692. The van der Waals surface area contributed by atoms with Gasteiger partial charge < -0.3 is 0 Å². The molecule has 0 fully saturated rings. The molecule has 2 heteroatoms. The van der Waals surface area contributed by atoms with Crippen molar-refractivity contribution >= 4 is 27.3 Å². The Morgan fingerprint density at radius 3 is 3.00 bits per heavy atom. The summed E-state index contributed by atoms with van der Waals surface area (Å²) in [6, 6.07) is 6.25. The molecule has 0 aromatic heterocycles. The third kappa shape index (κ3) is 1.20. The van der Waals surface area contributed by atoms with E-state index in [1.54, 1.807) is 0 Å². The molecule has 0 saturated carbocycles. The Morgan fingerprint density at radius 2 is 2.33 bits per heavy atom. The smallest absolute Gasteiger partial charge is 0.0806 e. The molecule has 0 spiro atoms. The number of para-hydroxylation sites is 1.